The summed E-state index contributed by atoms with van der Waals surface area (Å²) in [6.45, 7) is 12.0. The fourth-order valence-electron chi connectivity index (χ4n) is 3.64. The summed E-state index contributed by atoms with van der Waals surface area (Å²) < 4.78 is 5.40. The third-order valence-corrected chi connectivity index (χ3v) is 5.06. The van der Waals surface area contributed by atoms with Crippen molar-refractivity contribution in [2.45, 2.75) is 53.6 Å². The van der Waals surface area contributed by atoms with Crippen LogP contribution in [0.5, 0.6) is 0 Å². The molecule has 5 nitrogen and oxygen atoms in total. The zero-order valence-electron chi connectivity index (χ0n) is 16.0. The Balaban J connectivity index is 1.86. The molecule has 5 heteroatoms. The molecule has 4 rings (SSSR count). The Kier molecular flexibility index (Phi) is 4.02. The maximum Gasteiger partial charge on any atom is 0.143 e. The lowest BCUT2D eigenvalue weighted by molar-refractivity contribution is 0.393. The van der Waals surface area contributed by atoms with E-state index in [2.05, 4.69) is 55.1 Å². The molecule has 0 atom stereocenters. The van der Waals surface area contributed by atoms with E-state index in [1.165, 1.54) is 11.1 Å². The van der Waals surface area contributed by atoms with E-state index in [0.29, 0.717) is 0 Å². The molecular formula is C21H24N4O. The lowest BCUT2D eigenvalue weighted by atomic mass is 10.0. The minimum absolute atomic E-state index is 0.249. The Morgan fingerprint density at radius 2 is 1.65 bits per heavy atom. The molecule has 0 aliphatic carbocycles. The van der Waals surface area contributed by atoms with Crippen molar-refractivity contribution in [1.82, 2.24) is 15.1 Å². The van der Waals surface area contributed by atoms with Crippen molar-refractivity contribution in [3.8, 4) is 11.3 Å². The first-order chi connectivity index (χ1) is 12.5. The van der Waals surface area contributed by atoms with Gasteiger partial charge in [0.25, 0.3) is 0 Å². The third kappa shape index (κ3) is 2.68. The maximum absolute atomic E-state index is 5.40. The summed E-state index contributed by atoms with van der Waals surface area (Å²) >= 11 is 0. The van der Waals surface area contributed by atoms with E-state index in [-0.39, 0.29) is 5.92 Å². The van der Waals surface area contributed by atoms with Gasteiger partial charge in [-0.05, 0) is 31.9 Å². The first-order valence-electron chi connectivity index (χ1n) is 9.09. The molecule has 0 saturated carbocycles. The standard InChI is InChI=1S/C21H24N4O/c1-12(2)20-22-19(18-14(4)24-26-15(18)5)13(3)21(23-20)25-10-16-8-6-7-9-17(16)11-25/h6-9,12H,10-11H2,1-5H3. The van der Waals surface area contributed by atoms with E-state index in [4.69, 9.17) is 14.5 Å². The summed E-state index contributed by atoms with van der Waals surface area (Å²) in [6.07, 6.45) is 0. The van der Waals surface area contributed by atoms with Gasteiger partial charge >= 0.3 is 0 Å². The molecule has 1 aliphatic rings. The van der Waals surface area contributed by atoms with Gasteiger partial charge in [0.05, 0.1) is 17.0 Å². The van der Waals surface area contributed by atoms with E-state index in [1.54, 1.807) is 0 Å². The monoisotopic (exact) mass is 348 g/mol. The average Bonchev–Trinajstić information content (AvgIpc) is 3.18. The number of aryl methyl sites for hydroxylation is 2. The van der Waals surface area contributed by atoms with Crippen molar-refractivity contribution in [3.63, 3.8) is 0 Å². The van der Waals surface area contributed by atoms with Gasteiger partial charge in [-0.2, -0.15) is 0 Å². The Bertz CT molecular complexity index is 930. The second-order valence-corrected chi connectivity index (χ2v) is 7.36. The van der Waals surface area contributed by atoms with Crippen LogP contribution in [0.3, 0.4) is 0 Å². The topological polar surface area (TPSA) is 55.1 Å². The number of hydrogen-bond acceptors (Lipinski definition) is 5. The fraction of sp³-hybridized carbons (Fsp3) is 0.381. The molecule has 134 valence electrons. The van der Waals surface area contributed by atoms with Crippen LogP contribution in [0.2, 0.25) is 0 Å². The number of hydrogen-bond donors (Lipinski definition) is 0. The lowest BCUT2D eigenvalue weighted by Crippen LogP contribution is -2.19. The van der Waals surface area contributed by atoms with E-state index in [0.717, 1.165) is 53.0 Å². The Morgan fingerprint density at radius 3 is 2.19 bits per heavy atom. The molecule has 0 saturated heterocycles. The van der Waals surface area contributed by atoms with E-state index in [9.17, 15) is 0 Å². The minimum atomic E-state index is 0.249. The number of benzene rings is 1. The smallest absolute Gasteiger partial charge is 0.143 e. The van der Waals surface area contributed by atoms with Gasteiger partial charge in [-0.3, -0.25) is 0 Å². The molecule has 3 aromatic rings. The van der Waals surface area contributed by atoms with Gasteiger partial charge in [0.15, 0.2) is 0 Å². The van der Waals surface area contributed by atoms with Gasteiger partial charge in [0.1, 0.15) is 17.4 Å². The summed E-state index contributed by atoms with van der Waals surface area (Å²) in [5.74, 6) is 2.92. The van der Waals surface area contributed by atoms with Crippen LogP contribution in [-0.2, 0) is 13.1 Å². The van der Waals surface area contributed by atoms with E-state index >= 15 is 0 Å². The van der Waals surface area contributed by atoms with Gasteiger partial charge in [-0.1, -0.05) is 43.3 Å². The highest BCUT2D eigenvalue weighted by Crippen LogP contribution is 2.36. The molecule has 2 aromatic heterocycles. The number of anilines is 1. The van der Waals surface area contributed by atoms with Gasteiger partial charge in [-0.25, -0.2) is 9.97 Å². The molecule has 0 unspecified atom stereocenters. The molecule has 0 amide bonds. The van der Waals surface area contributed by atoms with Crippen LogP contribution < -0.4 is 4.90 Å². The summed E-state index contributed by atoms with van der Waals surface area (Å²) in [5, 5.41) is 4.12. The first-order valence-corrected chi connectivity index (χ1v) is 9.09. The van der Waals surface area contributed by atoms with Crippen LogP contribution in [0, 0.1) is 20.8 Å². The van der Waals surface area contributed by atoms with Crippen LogP contribution >= 0.6 is 0 Å². The largest absolute Gasteiger partial charge is 0.361 e. The maximum atomic E-state index is 5.40. The zero-order chi connectivity index (χ0) is 18.4. The second kappa shape index (κ2) is 6.24. The van der Waals surface area contributed by atoms with Crippen molar-refractivity contribution in [3.05, 3.63) is 58.2 Å². The number of fused-ring (bicyclic) bond motifs is 1. The highest BCUT2D eigenvalue weighted by Gasteiger charge is 2.26. The quantitative estimate of drug-likeness (QED) is 0.686. The molecular weight excluding hydrogens is 324 g/mol. The molecule has 1 aliphatic heterocycles. The first kappa shape index (κ1) is 16.8. The van der Waals surface area contributed by atoms with Crippen LogP contribution in [0.1, 0.15) is 53.7 Å². The molecule has 3 heterocycles. The number of rotatable bonds is 3. The average molecular weight is 348 g/mol. The van der Waals surface area contributed by atoms with Gasteiger partial charge < -0.3 is 9.42 Å². The summed E-state index contributed by atoms with van der Waals surface area (Å²) in [4.78, 5) is 12.2. The van der Waals surface area contributed by atoms with E-state index in [1.807, 2.05) is 13.8 Å². The van der Waals surface area contributed by atoms with Crippen molar-refractivity contribution in [2.75, 3.05) is 4.90 Å². The Morgan fingerprint density at radius 1 is 1.00 bits per heavy atom. The number of nitrogens with zero attached hydrogens (tertiary/aromatic N) is 4. The van der Waals surface area contributed by atoms with Gasteiger partial charge in [0.2, 0.25) is 0 Å². The predicted molar refractivity (Wildman–Crippen MR) is 102 cm³/mol. The predicted octanol–water partition coefficient (Wildman–Crippen LogP) is 4.70. The molecule has 0 fully saturated rings. The van der Waals surface area contributed by atoms with E-state index < -0.39 is 0 Å². The Hall–Kier alpha value is -2.69. The summed E-state index contributed by atoms with van der Waals surface area (Å²) in [7, 11) is 0. The minimum Gasteiger partial charge on any atom is -0.361 e. The highest BCUT2D eigenvalue weighted by atomic mass is 16.5. The van der Waals surface area contributed by atoms with Gasteiger partial charge in [0, 0.05) is 24.6 Å². The third-order valence-electron chi connectivity index (χ3n) is 5.06. The molecule has 0 N–H and O–H groups in total. The summed E-state index contributed by atoms with van der Waals surface area (Å²) in [6, 6.07) is 8.60. The van der Waals surface area contributed by atoms with Crippen LogP contribution in [0.25, 0.3) is 11.3 Å². The molecule has 0 radical (unpaired) electrons. The van der Waals surface area contributed by atoms with Crippen molar-refractivity contribution in [2.24, 2.45) is 0 Å². The normalized spacial score (nSPS) is 13.5. The van der Waals surface area contributed by atoms with Crippen molar-refractivity contribution < 1.29 is 4.52 Å². The fourth-order valence-corrected chi connectivity index (χ4v) is 3.64. The molecule has 0 spiro atoms. The number of aromatic nitrogens is 3. The molecule has 26 heavy (non-hydrogen) atoms. The SMILES string of the molecule is Cc1noc(C)c1-c1nc(C(C)C)nc(N2Cc3ccccc3C2)c1C. The summed E-state index contributed by atoms with van der Waals surface area (Å²) in [5.41, 5.74) is 6.62. The highest BCUT2D eigenvalue weighted by molar-refractivity contribution is 5.72. The van der Waals surface area contributed by atoms with Crippen molar-refractivity contribution in [1.29, 1.82) is 0 Å². The molecule has 1 aromatic carbocycles. The van der Waals surface area contributed by atoms with Crippen LogP contribution in [-0.4, -0.2) is 15.1 Å². The second-order valence-electron chi connectivity index (χ2n) is 7.36. The van der Waals surface area contributed by atoms with Crippen molar-refractivity contribution >= 4 is 5.82 Å². The lowest BCUT2D eigenvalue weighted by Gasteiger charge is -2.22. The molecule has 0 bridgehead atoms. The van der Waals surface area contributed by atoms with Gasteiger partial charge in [-0.15, -0.1) is 0 Å². The van der Waals surface area contributed by atoms with Crippen LogP contribution in [0.15, 0.2) is 28.8 Å². The Labute approximate surface area is 154 Å². The van der Waals surface area contributed by atoms with Crippen LogP contribution in [0.4, 0.5) is 5.82 Å². The zero-order valence-corrected chi connectivity index (χ0v) is 16.0.